The number of anilines is 1. The Hall–Kier alpha value is -2.94. The Balaban J connectivity index is 1.41. The van der Waals surface area contributed by atoms with Crippen molar-refractivity contribution in [1.82, 2.24) is 15.0 Å². The van der Waals surface area contributed by atoms with E-state index in [-0.39, 0.29) is 16.5 Å². The van der Waals surface area contributed by atoms with Crippen molar-refractivity contribution in [2.24, 2.45) is 0 Å². The van der Waals surface area contributed by atoms with Gasteiger partial charge in [0.25, 0.3) is 11.6 Å². The Morgan fingerprint density at radius 3 is 2.48 bits per heavy atom. The monoisotopic (exact) mass is 399 g/mol. The molecule has 2 aliphatic heterocycles. The van der Waals surface area contributed by atoms with Crippen LogP contribution in [-0.4, -0.2) is 65.1 Å². The number of carbonyl (C=O) groups excluding carboxylic acids is 1. The molecule has 29 heavy (non-hydrogen) atoms. The minimum Gasteiger partial charge on any atom is -0.366 e. The maximum Gasteiger partial charge on any atom is 0.293 e. The number of benzene rings is 1. The van der Waals surface area contributed by atoms with E-state index in [4.69, 9.17) is 4.52 Å². The molecule has 2 saturated heterocycles. The molecular formula is C20H25N5O4. The van der Waals surface area contributed by atoms with Crippen LogP contribution in [0.2, 0.25) is 0 Å². The summed E-state index contributed by atoms with van der Waals surface area (Å²) in [7, 11) is 0. The topological polar surface area (TPSA) is 96.0 Å². The predicted molar refractivity (Wildman–Crippen MR) is 107 cm³/mol. The quantitative estimate of drug-likeness (QED) is 0.563. The third kappa shape index (κ3) is 4.24. The minimum absolute atomic E-state index is 0.0112. The van der Waals surface area contributed by atoms with Crippen LogP contribution in [0, 0.1) is 17.0 Å². The molecule has 3 heterocycles. The number of hydrogen-bond donors (Lipinski definition) is 0. The minimum atomic E-state index is -0.387. The molecule has 1 aromatic carbocycles. The molecule has 2 aromatic rings. The van der Waals surface area contributed by atoms with Gasteiger partial charge in [0.05, 0.1) is 17.2 Å². The van der Waals surface area contributed by atoms with Gasteiger partial charge < -0.3 is 14.3 Å². The highest BCUT2D eigenvalue weighted by Gasteiger charge is 2.27. The number of aromatic nitrogens is 1. The second-order valence-electron chi connectivity index (χ2n) is 7.66. The third-order valence-electron chi connectivity index (χ3n) is 5.58. The number of piperazine rings is 1. The molecule has 154 valence electrons. The van der Waals surface area contributed by atoms with Crippen LogP contribution in [0.3, 0.4) is 0 Å². The number of rotatable bonds is 5. The van der Waals surface area contributed by atoms with E-state index in [0.717, 1.165) is 50.5 Å². The zero-order valence-electron chi connectivity index (χ0n) is 16.5. The SMILES string of the molecule is Cc1cc(CN2CCN(C(=O)c3ccc(N4CCCC4)c([N+](=O)[O-])c3)CC2)on1. The van der Waals surface area contributed by atoms with Crippen molar-refractivity contribution in [3.8, 4) is 0 Å². The van der Waals surface area contributed by atoms with Gasteiger partial charge in [-0.15, -0.1) is 0 Å². The molecule has 0 unspecified atom stereocenters. The van der Waals surface area contributed by atoms with Gasteiger partial charge in [-0.1, -0.05) is 5.16 Å². The fourth-order valence-electron chi connectivity index (χ4n) is 4.03. The fourth-order valence-corrected chi connectivity index (χ4v) is 4.03. The first kappa shape index (κ1) is 19.4. The molecule has 2 aliphatic rings. The molecule has 0 N–H and O–H groups in total. The Kier molecular flexibility index (Phi) is 5.48. The normalized spacial score (nSPS) is 17.7. The van der Waals surface area contributed by atoms with Gasteiger partial charge in [-0.05, 0) is 31.9 Å². The molecule has 1 amide bonds. The van der Waals surface area contributed by atoms with Gasteiger partial charge in [0.2, 0.25) is 0 Å². The first-order valence-electron chi connectivity index (χ1n) is 9.98. The maximum absolute atomic E-state index is 12.9. The molecule has 0 bridgehead atoms. The van der Waals surface area contributed by atoms with Crippen molar-refractivity contribution in [3.05, 3.63) is 51.4 Å². The first-order chi connectivity index (χ1) is 14.0. The van der Waals surface area contributed by atoms with Gasteiger partial charge in [0.15, 0.2) is 5.76 Å². The Labute approximate surface area is 169 Å². The van der Waals surface area contributed by atoms with Crippen LogP contribution in [0.1, 0.15) is 34.7 Å². The standard InChI is InChI=1S/C20H25N5O4/c1-15-12-17(29-21-15)14-22-8-10-24(11-9-22)20(26)16-4-5-18(19(13-16)25(27)28)23-6-2-3-7-23/h4-5,12-13H,2-3,6-11,14H2,1H3. The summed E-state index contributed by atoms with van der Waals surface area (Å²) in [6.07, 6.45) is 2.07. The van der Waals surface area contributed by atoms with Gasteiger partial charge in [0, 0.05) is 57.0 Å². The predicted octanol–water partition coefficient (Wildman–Crippen LogP) is 2.45. The summed E-state index contributed by atoms with van der Waals surface area (Å²) in [4.78, 5) is 30.1. The molecule has 0 atom stereocenters. The van der Waals surface area contributed by atoms with Gasteiger partial charge in [-0.2, -0.15) is 0 Å². The van der Waals surface area contributed by atoms with Crippen LogP contribution < -0.4 is 4.90 Å². The first-order valence-corrected chi connectivity index (χ1v) is 9.98. The summed E-state index contributed by atoms with van der Waals surface area (Å²) in [6.45, 7) is 6.79. The summed E-state index contributed by atoms with van der Waals surface area (Å²) in [5.41, 5.74) is 1.85. The summed E-state index contributed by atoms with van der Waals surface area (Å²) < 4.78 is 5.26. The third-order valence-corrected chi connectivity index (χ3v) is 5.58. The van der Waals surface area contributed by atoms with Crippen molar-refractivity contribution in [2.75, 3.05) is 44.2 Å². The summed E-state index contributed by atoms with van der Waals surface area (Å²) >= 11 is 0. The average molecular weight is 399 g/mol. The lowest BCUT2D eigenvalue weighted by Crippen LogP contribution is -2.48. The molecule has 0 spiro atoms. The van der Waals surface area contributed by atoms with E-state index >= 15 is 0 Å². The van der Waals surface area contributed by atoms with Gasteiger partial charge in [-0.25, -0.2) is 0 Å². The van der Waals surface area contributed by atoms with Crippen LogP contribution in [0.15, 0.2) is 28.8 Å². The Morgan fingerprint density at radius 1 is 1.14 bits per heavy atom. The van der Waals surface area contributed by atoms with E-state index in [1.165, 1.54) is 6.07 Å². The highest BCUT2D eigenvalue weighted by Crippen LogP contribution is 2.32. The zero-order chi connectivity index (χ0) is 20.4. The number of hydrogen-bond acceptors (Lipinski definition) is 7. The molecule has 2 fully saturated rings. The Bertz CT molecular complexity index is 898. The molecule has 4 rings (SSSR count). The van der Waals surface area contributed by atoms with Gasteiger partial charge in [-0.3, -0.25) is 19.8 Å². The molecule has 1 aromatic heterocycles. The summed E-state index contributed by atoms with van der Waals surface area (Å²) in [5.74, 6) is 0.659. The van der Waals surface area contributed by atoms with Crippen molar-refractivity contribution < 1.29 is 14.2 Å². The van der Waals surface area contributed by atoms with E-state index in [1.807, 2.05) is 17.9 Å². The van der Waals surface area contributed by atoms with Crippen LogP contribution >= 0.6 is 0 Å². The van der Waals surface area contributed by atoms with Crippen molar-refractivity contribution in [3.63, 3.8) is 0 Å². The molecular weight excluding hydrogens is 374 g/mol. The number of amides is 1. The summed E-state index contributed by atoms with van der Waals surface area (Å²) in [5, 5.41) is 15.5. The lowest BCUT2D eigenvalue weighted by atomic mass is 10.1. The van der Waals surface area contributed by atoms with Crippen LogP contribution in [0.25, 0.3) is 0 Å². The maximum atomic E-state index is 12.9. The highest BCUT2D eigenvalue weighted by molar-refractivity contribution is 5.96. The molecule has 9 heteroatoms. The molecule has 0 radical (unpaired) electrons. The average Bonchev–Trinajstić information content (AvgIpc) is 3.39. The lowest BCUT2D eigenvalue weighted by Gasteiger charge is -2.34. The van der Waals surface area contributed by atoms with Crippen LogP contribution in [0.5, 0.6) is 0 Å². The summed E-state index contributed by atoms with van der Waals surface area (Å²) in [6, 6.07) is 6.78. The van der Waals surface area contributed by atoms with E-state index in [9.17, 15) is 14.9 Å². The molecule has 0 saturated carbocycles. The largest absolute Gasteiger partial charge is 0.366 e. The van der Waals surface area contributed by atoms with E-state index in [2.05, 4.69) is 10.1 Å². The number of nitro benzene ring substituents is 1. The fraction of sp³-hybridized carbons (Fsp3) is 0.500. The van der Waals surface area contributed by atoms with Gasteiger partial charge in [0.1, 0.15) is 5.69 Å². The van der Waals surface area contributed by atoms with Crippen molar-refractivity contribution >= 4 is 17.3 Å². The zero-order valence-corrected chi connectivity index (χ0v) is 16.5. The number of nitro groups is 1. The lowest BCUT2D eigenvalue weighted by molar-refractivity contribution is -0.384. The number of nitrogens with zero attached hydrogens (tertiary/aromatic N) is 5. The second-order valence-corrected chi connectivity index (χ2v) is 7.66. The van der Waals surface area contributed by atoms with E-state index in [1.54, 1.807) is 17.0 Å². The smallest absolute Gasteiger partial charge is 0.293 e. The second kappa shape index (κ2) is 8.20. The number of carbonyl (C=O) groups is 1. The van der Waals surface area contributed by atoms with Crippen molar-refractivity contribution in [1.29, 1.82) is 0 Å². The molecule has 9 nitrogen and oxygen atoms in total. The molecule has 0 aliphatic carbocycles. The van der Waals surface area contributed by atoms with E-state index in [0.29, 0.717) is 30.9 Å². The highest BCUT2D eigenvalue weighted by atomic mass is 16.6. The Morgan fingerprint density at radius 2 is 1.86 bits per heavy atom. The van der Waals surface area contributed by atoms with Crippen LogP contribution in [0.4, 0.5) is 11.4 Å². The van der Waals surface area contributed by atoms with Crippen LogP contribution in [-0.2, 0) is 6.54 Å². The van der Waals surface area contributed by atoms with Crippen molar-refractivity contribution in [2.45, 2.75) is 26.3 Å². The van der Waals surface area contributed by atoms with E-state index < -0.39 is 0 Å². The number of aryl methyl sites for hydroxylation is 1. The van der Waals surface area contributed by atoms with Gasteiger partial charge >= 0.3 is 0 Å².